The third-order valence-corrected chi connectivity index (χ3v) is 2.87. The lowest BCUT2D eigenvalue weighted by atomic mass is 10.0. The second-order valence-corrected chi connectivity index (χ2v) is 4.89. The van der Waals surface area contributed by atoms with Gasteiger partial charge in [-0.3, -0.25) is 4.79 Å². The van der Waals surface area contributed by atoms with Crippen LogP contribution in [0.5, 0.6) is 5.75 Å². The molecule has 116 valence electrons. The van der Waals surface area contributed by atoms with E-state index in [1.54, 1.807) is 0 Å². The van der Waals surface area contributed by atoms with Crippen molar-refractivity contribution in [2.45, 2.75) is 12.5 Å². The van der Waals surface area contributed by atoms with Crippen LogP contribution < -0.4 is 10.1 Å². The lowest BCUT2D eigenvalue weighted by molar-refractivity contribution is -0.149. The van der Waals surface area contributed by atoms with Crippen LogP contribution in [0.3, 0.4) is 0 Å². The summed E-state index contributed by atoms with van der Waals surface area (Å²) in [7, 11) is 1.32. The van der Waals surface area contributed by atoms with E-state index in [0.717, 1.165) is 12.1 Å². The number of carboxylic acid groups (broad SMARTS) is 1. The van der Waals surface area contributed by atoms with Crippen molar-refractivity contribution in [2.24, 2.45) is 0 Å². The minimum Gasteiger partial charge on any atom is -0.482 e. The van der Waals surface area contributed by atoms with E-state index in [4.69, 9.17) is 26.2 Å². The van der Waals surface area contributed by atoms with Crippen LogP contribution in [-0.4, -0.2) is 42.8 Å². The van der Waals surface area contributed by atoms with Gasteiger partial charge in [0, 0.05) is 7.11 Å². The van der Waals surface area contributed by atoms with E-state index < -0.39 is 29.8 Å². The number of methoxy groups -OCH3 is 1. The molecule has 0 fully saturated rings. The Morgan fingerprint density at radius 2 is 2.14 bits per heavy atom. The lowest BCUT2D eigenvalue weighted by Gasteiger charge is -2.25. The quantitative estimate of drug-likeness (QED) is 0.795. The van der Waals surface area contributed by atoms with Crippen molar-refractivity contribution in [3.63, 3.8) is 0 Å². The second kappa shape index (κ2) is 7.24. The molecule has 2 N–H and O–H groups in total. The minimum atomic E-state index is -1.57. The summed E-state index contributed by atoms with van der Waals surface area (Å²) in [6.45, 7) is 0.644. The molecule has 0 spiro atoms. The summed E-state index contributed by atoms with van der Waals surface area (Å²) in [5.41, 5.74) is -1.57. The zero-order valence-electron chi connectivity index (χ0n) is 11.5. The molecule has 0 aromatic heterocycles. The van der Waals surface area contributed by atoms with E-state index in [1.807, 2.05) is 0 Å². The molecule has 1 atom stereocenters. The average molecular weight is 320 g/mol. The van der Waals surface area contributed by atoms with E-state index in [-0.39, 0.29) is 17.4 Å². The van der Waals surface area contributed by atoms with Gasteiger partial charge in [-0.05, 0) is 25.1 Å². The molecule has 0 bridgehead atoms. The predicted octanol–water partition coefficient (Wildman–Crippen LogP) is 1.46. The van der Waals surface area contributed by atoms with Crippen LogP contribution in [0.25, 0.3) is 0 Å². The highest BCUT2D eigenvalue weighted by molar-refractivity contribution is 6.32. The number of ether oxygens (including phenoxy) is 2. The van der Waals surface area contributed by atoms with Gasteiger partial charge in [-0.15, -0.1) is 0 Å². The fourth-order valence-corrected chi connectivity index (χ4v) is 1.74. The zero-order chi connectivity index (χ0) is 16.0. The van der Waals surface area contributed by atoms with Crippen molar-refractivity contribution in [1.82, 2.24) is 5.32 Å². The van der Waals surface area contributed by atoms with Crippen molar-refractivity contribution in [3.05, 3.63) is 29.0 Å². The first-order valence-corrected chi connectivity index (χ1v) is 6.27. The maximum absolute atomic E-state index is 12.8. The Morgan fingerprint density at radius 1 is 1.48 bits per heavy atom. The van der Waals surface area contributed by atoms with Gasteiger partial charge in [0.15, 0.2) is 12.1 Å². The molecular formula is C13H15ClFNO5. The first-order chi connectivity index (χ1) is 9.78. The first-order valence-electron chi connectivity index (χ1n) is 5.89. The fraction of sp³-hybridized carbons (Fsp3) is 0.385. The number of benzene rings is 1. The molecule has 0 aliphatic carbocycles. The topological polar surface area (TPSA) is 84.9 Å². The van der Waals surface area contributed by atoms with Gasteiger partial charge < -0.3 is 19.9 Å². The summed E-state index contributed by atoms with van der Waals surface area (Å²) in [6.07, 6.45) is 0. The SMILES string of the molecule is COCC(C)(NC(=O)COc1ccc(F)cc1Cl)C(=O)O. The number of hydrogen-bond acceptors (Lipinski definition) is 4. The molecule has 6 nitrogen and oxygen atoms in total. The molecule has 1 unspecified atom stereocenters. The van der Waals surface area contributed by atoms with E-state index in [1.165, 1.54) is 20.1 Å². The standard InChI is InChI=1S/C13H15ClFNO5/c1-13(7-20-2,12(18)19)16-11(17)6-21-10-4-3-8(15)5-9(10)14/h3-5H,6-7H2,1-2H3,(H,16,17)(H,18,19). The molecule has 1 amide bonds. The number of hydrogen-bond donors (Lipinski definition) is 2. The van der Waals surface area contributed by atoms with Crippen LogP contribution in [0.4, 0.5) is 4.39 Å². The molecular weight excluding hydrogens is 305 g/mol. The molecule has 8 heteroatoms. The molecule has 0 aliphatic heterocycles. The number of halogens is 2. The van der Waals surface area contributed by atoms with Crippen molar-refractivity contribution < 1.29 is 28.6 Å². The van der Waals surface area contributed by atoms with E-state index in [0.29, 0.717) is 0 Å². The van der Waals surface area contributed by atoms with Crippen LogP contribution in [-0.2, 0) is 14.3 Å². The Hall–Kier alpha value is -1.86. The largest absolute Gasteiger partial charge is 0.482 e. The highest BCUT2D eigenvalue weighted by Gasteiger charge is 2.35. The van der Waals surface area contributed by atoms with Gasteiger partial charge >= 0.3 is 5.97 Å². The van der Waals surface area contributed by atoms with Crippen LogP contribution in [0.1, 0.15) is 6.92 Å². The molecule has 0 aliphatic rings. The Labute approximate surface area is 125 Å². The Bertz CT molecular complexity index is 539. The fourth-order valence-electron chi connectivity index (χ4n) is 1.52. The smallest absolute Gasteiger partial charge is 0.331 e. The summed E-state index contributed by atoms with van der Waals surface area (Å²) in [5, 5.41) is 11.4. The number of carboxylic acids is 1. The van der Waals surface area contributed by atoms with Gasteiger partial charge in [0.25, 0.3) is 5.91 Å². The minimum absolute atomic E-state index is 0.0145. The molecule has 1 aromatic rings. The van der Waals surface area contributed by atoms with Gasteiger partial charge in [0.1, 0.15) is 11.6 Å². The normalized spacial score (nSPS) is 13.3. The Balaban J connectivity index is 2.63. The Morgan fingerprint density at radius 3 is 2.67 bits per heavy atom. The zero-order valence-corrected chi connectivity index (χ0v) is 12.2. The summed E-state index contributed by atoms with van der Waals surface area (Å²) < 4.78 is 22.7. The molecule has 0 saturated carbocycles. The summed E-state index contributed by atoms with van der Waals surface area (Å²) >= 11 is 5.74. The average Bonchev–Trinajstić information content (AvgIpc) is 2.37. The molecule has 1 aromatic carbocycles. The first kappa shape index (κ1) is 17.2. The number of carbonyl (C=O) groups excluding carboxylic acids is 1. The van der Waals surface area contributed by atoms with Gasteiger partial charge in [-0.1, -0.05) is 11.6 Å². The molecule has 21 heavy (non-hydrogen) atoms. The second-order valence-electron chi connectivity index (χ2n) is 4.48. The number of carbonyl (C=O) groups is 2. The monoisotopic (exact) mass is 319 g/mol. The Kier molecular flexibility index (Phi) is 5.92. The van der Waals surface area contributed by atoms with Gasteiger partial charge in [-0.25, -0.2) is 9.18 Å². The van der Waals surface area contributed by atoms with Gasteiger partial charge in [-0.2, -0.15) is 0 Å². The van der Waals surface area contributed by atoms with Crippen LogP contribution in [0, 0.1) is 5.82 Å². The summed E-state index contributed by atoms with van der Waals surface area (Å²) in [4.78, 5) is 22.8. The maximum atomic E-state index is 12.8. The number of aliphatic carboxylic acids is 1. The highest BCUT2D eigenvalue weighted by atomic mass is 35.5. The maximum Gasteiger partial charge on any atom is 0.331 e. The molecule has 0 heterocycles. The summed E-state index contributed by atoms with van der Waals surface area (Å²) in [5.74, 6) is -2.32. The highest BCUT2D eigenvalue weighted by Crippen LogP contribution is 2.24. The van der Waals surface area contributed by atoms with Crippen LogP contribution >= 0.6 is 11.6 Å². The number of nitrogens with one attached hydrogen (secondary N) is 1. The van der Waals surface area contributed by atoms with Crippen LogP contribution in [0.15, 0.2) is 18.2 Å². The third-order valence-electron chi connectivity index (χ3n) is 2.57. The van der Waals surface area contributed by atoms with E-state index >= 15 is 0 Å². The van der Waals surface area contributed by atoms with E-state index in [2.05, 4.69) is 5.32 Å². The van der Waals surface area contributed by atoms with Crippen molar-refractivity contribution in [2.75, 3.05) is 20.3 Å². The number of amides is 1. The van der Waals surface area contributed by atoms with Crippen molar-refractivity contribution >= 4 is 23.5 Å². The van der Waals surface area contributed by atoms with Crippen LogP contribution in [0.2, 0.25) is 5.02 Å². The van der Waals surface area contributed by atoms with E-state index in [9.17, 15) is 14.0 Å². The van der Waals surface area contributed by atoms with Crippen molar-refractivity contribution in [1.29, 1.82) is 0 Å². The van der Waals surface area contributed by atoms with Gasteiger partial charge in [0.05, 0.1) is 11.6 Å². The lowest BCUT2D eigenvalue weighted by Crippen LogP contribution is -2.56. The van der Waals surface area contributed by atoms with Crippen molar-refractivity contribution in [3.8, 4) is 5.75 Å². The number of rotatable bonds is 7. The molecule has 0 saturated heterocycles. The third kappa shape index (κ3) is 4.87. The van der Waals surface area contributed by atoms with Gasteiger partial charge in [0.2, 0.25) is 0 Å². The molecule has 0 radical (unpaired) electrons. The predicted molar refractivity (Wildman–Crippen MR) is 73.0 cm³/mol. The molecule has 1 rings (SSSR count). The summed E-state index contributed by atoms with van der Waals surface area (Å²) in [6, 6.07) is 3.45.